The number of methoxy groups -OCH3 is 1. The van der Waals surface area contributed by atoms with E-state index in [1.165, 1.54) is 31.0 Å². The van der Waals surface area contributed by atoms with Gasteiger partial charge in [-0.1, -0.05) is 41.6 Å². The normalized spacial score (nSPS) is 11.6. The van der Waals surface area contributed by atoms with Crippen LogP contribution < -0.4 is 15.1 Å². The standard InChI is InChI=1S/C24H24ClN3O4S2/c1-4-27-19-14-18(26-34(30,31)23-13-16(25)11-12-21(23)32-3)22(33-17-9-7-6-8-10-17)15-20(19)28(5-2)24(27)29/h6-15,26H,4-5H2,1-3H3. The Hall–Kier alpha value is -2.88. The molecule has 0 aliphatic carbocycles. The molecule has 0 fully saturated rings. The first-order valence-electron chi connectivity index (χ1n) is 10.6. The van der Waals surface area contributed by atoms with E-state index in [-0.39, 0.29) is 21.4 Å². The Morgan fingerprint density at radius 1 is 0.971 bits per heavy atom. The molecule has 0 radical (unpaired) electrons. The van der Waals surface area contributed by atoms with Crippen molar-refractivity contribution in [3.63, 3.8) is 0 Å². The molecule has 0 bridgehead atoms. The summed E-state index contributed by atoms with van der Waals surface area (Å²) in [7, 11) is -2.66. The van der Waals surface area contributed by atoms with Crippen LogP contribution in [0.3, 0.4) is 0 Å². The van der Waals surface area contributed by atoms with Gasteiger partial charge < -0.3 is 4.74 Å². The molecule has 7 nitrogen and oxygen atoms in total. The predicted octanol–water partition coefficient (Wildman–Crippen LogP) is 5.46. The molecule has 0 saturated carbocycles. The van der Waals surface area contributed by atoms with E-state index >= 15 is 0 Å². The number of aryl methyl sites for hydroxylation is 2. The number of nitrogens with one attached hydrogen (secondary N) is 1. The fourth-order valence-electron chi connectivity index (χ4n) is 3.79. The van der Waals surface area contributed by atoms with Gasteiger partial charge in [0.1, 0.15) is 10.6 Å². The SMILES string of the molecule is CCn1c(=O)n(CC)c2cc(Sc3ccccc3)c(NS(=O)(=O)c3cc(Cl)ccc3OC)cc21. The zero-order valence-electron chi connectivity index (χ0n) is 18.9. The third-order valence-electron chi connectivity index (χ3n) is 5.38. The highest BCUT2D eigenvalue weighted by molar-refractivity contribution is 7.99. The Kier molecular flexibility index (Phi) is 6.97. The summed E-state index contributed by atoms with van der Waals surface area (Å²) in [6.45, 7) is 4.76. The third kappa shape index (κ3) is 4.55. The van der Waals surface area contributed by atoms with Crippen LogP contribution >= 0.6 is 23.4 Å². The molecule has 4 rings (SSSR count). The molecular formula is C24H24ClN3O4S2. The van der Waals surface area contributed by atoms with Crippen molar-refractivity contribution in [3.8, 4) is 5.75 Å². The van der Waals surface area contributed by atoms with Crippen LogP contribution in [0.1, 0.15) is 13.8 Å². The zero-order valence-corrected chi connectivity index (χ0v) is 21.3. The summed E-state index contributed by atoms with van der Waals surface area (Å²) in [6.07, 6.45) is 0. The molecular weight excluding hydrogens is 494 g/mol. The Morgan fingerprint density at radius 3 is 2.24 bits per heavy atom. The molecule has 0 saturated heterocycles. The van der Waals surface area contributed by atoms with Gasteiger partial charge in [-0.15, -0.1) is 0 Å². The Morgan fingerprint density at radius 2 is 1.62 bits per heavy atom. The van der Waals surface area contributed by atoms with Crippen molar-refractivity contribution in [2.24, 2.45) is 0 Å². The average Bonchev–Trinajstić information content (AvgIpc) is 3.08. The van der Waals surface area contributed by atoms with Gasteiger partial charge in [-0.25, -0.2) is 13.2 Å². The van der Waals surface area contributed by atoms with Crippen LogP contribution in [-0.4, -0.2) is 24.7 Å². The van der Waals surface area contributed by atoms with Gasteiger partial charge in [-0.2, -0.15) is 0 Å². The van der Waals surface area contributed by atoms with E-state index in [1.54, 1.807) is 21.3 Å². The molecule has 34 heavy (non-hydrogen) atoms. The second kappa shape index (κ2) is 9.77. The molecule has 10 heteroatoms. The van der Waals surface area contributed by atoms with Gasteiger partial charge >= 0.3 is 5.69 Å². The number of ether oxygens (including phenoxy) is 1. The summed E-state index contributed by atoms with van der Waals surface area (Å²) < 4.78 is 38.1. The molecule has 4 aromatic rings. The molecule has 1 N–H and O–H groups in total. The minimum atomic E-state index is -4.06. The van der Waals surface area contributed by atoms with Crippen LogP contribution in [-0.2, 0) is 23.1 Å². The van der Waals surface area contributed by atoms with Gasteiger partial charge in [0, 0.05) is 27.9 Å². The van der Waals surface area contributed by atoms with E-state index in [1.807, 2.05) is 50.2 Å². The van der Waals surface area contributed by atoms with E-state index in [4.69, 9.17) is 16.3 Å². The molecule has 0 atom stereocenters. The lowest BCUT2D eigenvalue weighted by Gasteiger charge is -2.15. The number of nitrogens with zero attached hydrogens (tertiary/aromatic N) is 2. The Balaban J connectivity index is 1.92. The molecule has 1 aromatic heterocycles. The van der Waals surface area contributed by atoms with E-state index in [0.717, 1.165) is 10.4 Å². The van der Waals surface area contributed by atoms with Crippen LogP contribution in [0, 0.1) is 0 Å². The smallest absolute Gasteiger partial charge is 0.329 e. The average molecular weight is 518 g/mol. The number of fused-ring (bicyclic) bond motifs is 1. The first kappa shape index (κ1) is 24.3. The predicted molar refractivity (Wildman–Crippen MR) is 137 cm³/mol. The molecule has 0 aliphatic heterocycles. The molecule has 178 valence electrons. The highest BCUT2D eigenvalue weighted by atomic mass is 35.5. The second-order valence-corrected chi connectivity index (χ2v) is 10.6. The fourth-order valence-corrected chi connectivity index (χ4v) is 6.30. The lowest BCUT2D eigenvalue weighted by molar-refractivity contribution is 0.403. The first-order chi connectivity index (χ1) is 16.3. The van der Waals surface area contributed by atoms with Crippen LogP contribution in [0.25, 0.3) is 11.0 Å². The zero-order chi connectivity index (χ0) is 24.5. The maximum absolute atomic E-state index is 13.4. The van der Waals surface area contributed by atoms with E-state index < -0.39 is 10.0 Å². The van der Waals surface area contributed by atoms with Gasteiger partial charge in [0.2, 0.25) is 0 Å². The molecule has 3 aromatic carbocycles. The van der Waals surface area contributed by atoms with Crippen molar-refractivity contribution in [1.29, 1.82) is 0 Å². The monoisotopic (exact) mass is 517 g/mol. The van der Waals surface area contributed by atoms with Gasteiger partial charge in [0.15, 0.2) is 0 Å². The minimum absolute atomic E-state index is 0.0720. The first-order valence-corrected chi connectivity index (χ1v) is 13.3. The lowest BCUT2D eigenvalue weighted by atomic mass is 10.2. The molecule has 0 spiro atoms. The summed E-state index contributed by atoms with van der Waals surface area (Å²) in [5.41, 5.74) is 1.63. The Labute approximate surface area is 207 Å². The number of imidazole rings is 1. The topological polar surface area (TPSA) is 82.3 Å². The molecule has 0 amide bonds. The largest absolute Gasteiger partial charge is 0.495 e. The van der Waals surface area contributed by atoms with Crippen molar-refractivity contribution in [3.05, 3.63) is 76.2 Å². The fraction of sp³-hybridized carbons (Fsp3) is 0.208. The summed E-state index contributed by atoms with van der Waals surface area (Å²) in [4.78, 5) is 14.4. The van der Waals surface area contributed by atoms with Crippen molar-refractivity contribution in [2.75, 3.05) is 11.8 Å². The number of halogens is 1. The number of aromatic nitrogens is 2. The number of hydrogen-bond acceptors (Lipinski definition) is 5. The number of hydrogen-bond donors (Lipinski definition) is 1. The minimum Gasteiger partial charge on any atom is -0.495 e. The maximum atomic E-state index is 13.4. The summed E-state index contributed by atoms with van der Waals surface area (Å²) in [5, 5.41) is 0.273. The van der Waals surface area contributed by atoms with Gasteiger partial charge in [-0.3, -0.25) is 13.9 Å². The summed E-state index contributed by atoms with van der Waals surface area (Å²) in [5.74, 6) is 0.179. The van der Waals surface area contributed by atoms with Crippen LogP contribution in [0.5, 0.6) is 5.75 Å². The van der Waals surface area contributed by atoms with Gasteiger partial charge in [0.25, 0.3) is 10.0 Å². The maximum Gasteiger partial charge on any atom is 0.329 e. The second-order valence-electron chi connectivity index (χ2n) is 7.42. The number of sulfonamides is 1. The van der Waals surface area contributed by atoms with Crippen molar-refractivity contribution in [1.82, 2.24) is 9.13 Å². The quantitative estimate of drug-likeness (QED) is 0.336. The van der Waals surface area contributed by atoms with Gasteiger partial charge in [-0.05, 0) is 56.3 Å². The van der Waals surface area contributed by atoms with Crippen LogP contribution in [0.15, 0.2) is 80.1 Å². The van der Waals surface area contributed by atoms with E-state index in [2.05, 4.69) is 4.72 Å². The third-order valence-corrected chi connectivity index (χ3v) is 8.07. The van der Waals surface area contributed by atoms with Crippen molar-refractivity contribution in [2.45, 2.75) is 41.6 Å². The lowest BCUT2D eigenvalue weighted by Crippen LogP contribution is -2.23. The Bertz CT molecular complexity index is 1510. The van der Waals surface area contributed by atoms with E-state index in [9.17, 15) is 13.2 Å². The number of rotatable bonds is 8. The number of benzene rings is 3. The highest BCUT2D eigenvalue weighted by Gasteiger charge is 2.23. The summed E-state index contributed by atoms with van der Waals surface area (Å²) >= 11 is 7.49. The van der Waals surface area contributed by atoms with E-state index in [0.29, 0.717) is 29.2 Å². The van der Waals surface area contributed by atoms with Crippen molar-refractivity contribution < 1.29 is 13.2 Å². The molecule has 1 heterocycles. The summed E-state index contributed by atoms with van der Waals surface area (Å²) in [6, 6.07) is 17.6. The molecule has 0 aliphatic rings. The van der Waals surface area contributed by atoms with Gasteiger partial charge in [0.05, 0.1) is 23.8 Å². The van der Waals surface area contributed by atoms with Crippen molar-refractivity contribution >= 4 is 50.1 Å². The highest BCUT2D eigenvalue weighted by Crippen LogP contribution is 2.38. The van der Waals surface area contributed by atoms with Crippen LogP contribution in [0.2, 0.25) is 5.02 Å². The van der Waals surface area contributed by atoms with Crippen LogP contribution in [0.4, 0.5) is 5.69 Å². The number of anilines is 1. The molecule has 0 unspecified atom stereocenters.